The topological polar surface area (TPSA) is 58.0 Å². The Kier molecular flexibility index (Phi) is 2.44. The van der Waals surface area contributed by atoms with Crippen LogP contribution in [0.25, 0.3) is 10.9 Å². The number of anilines is 1. The highest BCUT2D eigenvalue weighted by molar-refractivity contribution is 5.88. The van der Waals surface area contributed by atoms with Gasteiger partial charge in [-0.1, -0.05) is 12.1 Å². The van der Waals surface area contributed by atoms with Crippen LogP contribution in [0.4, 0.5) is 5.82 Å². The molecule has 1 fully saturated rings. The van der Waals surface area contributed by atoms with Crippen LogP contribution in [0, 0.1) is 0 Å². The summed E-state index contributed by atoms with van der Waals surface area (Å²) >= 11 is 0. The van der Waals surface area contributed by atoms with E-state index in [2.05, 4.69) is 15.3 Å². The first kappa shape index (κ1) is 10.5. The molecule has 1 aliphatic carbocycles. The van der Waals surface area contributed by atoms with Crippen molar-refractivity contribution >= 4 is 16.7 Å². The number of benzene rings is 1. The molecular weight excluding hydrogens is 214 g/mol. The maximum atomic E-state index is 10.0. The standard InChI is InChI=1S/C13H15N3O/c17-13(6-3-7-13)8-14-12-10-4-1-2-5-11(10)15-9-16-12/h1-2,4-5,9,17H,3,6-8H2,(H,14,15,16). The lowest BCUT2D eigenvalue weighted by atomic mass is 9.80. The van der Waals surface area contributed by atoms with Gasteiger partial charge in [-0.15, -0.1) is 0 Å². The van der Waals surface area contributed by atoms with E-state index in [1.54, 1.807) is 6.33 Å². The summed E-state index contributed by atoms with van der Waals surface area (Å²) in [7, 11) is 0. The third-order valence-electron chi connectivity index (χ3n) is 3.41. The summed E-state index contributed by atoms with van der Waals surface area (Å²) in [6.45, 7) is 0.563. The highest BCUT2D eigenvalue weighted by Gasteiger charge is 2.34. The molecule has 0 saturated heterocycles. The van der Waals surface area contributed by atoms with Crippen molar-refractivity contribution in [3.63, 3.8) is 0 Å². The minimum Gasteiger partial charge on any atom is -0.388 e. The fourth-order valence-corrected chi connectivity index (χ4v) is 2.16. The smallest absolute Gasteiger partial charge is 0.137 e. The number of para-hydroxylation sites is 1. The van der Waals surface area contributed by atoms with Crippen LogP contribution < -0.4 is 5.32 Å². The molecule has 4 heteroatoms. The normalized spacial score (nSPS) is 17.7. The maximum Gasteiger partial charge on any atom is 0.137 e. The first-order chi connectivity index (χ1) is 8.27. The van der Waals surface area contributed by atoms with E-state index in [0.29, 0.717) is 6.54 Å². The van der Waals surface area contributed by atoms with Crippen LogP contribution in [0.5, 0.6) is 0 Å². The minimum absolute atomic E-state index is 0.536. The Morgan fingerprint density at radius 3 is 2.82 bits per heavy atom. The molecule has 2 aromatic rings. The van der Waals surface area contributed by atoms with E-state index < -0.39 is 5.60 Å². The zero-order chi connectivity index (χ0) is 11.7. The first-order valence-corrected chi connectivity index (χ1v) is 5.93. The molecule has 1 aliphatic rings. The molecule has 0 bridgehead atoms. The number of hydrogen-bond acceptors (Lipinski definition) is 4. The molecule has 0 amide bonds. The number of hydrogen-bond donors (Lipinski definition) is 2. The van der Waals surface area contributed by atoms with E-state index in [4.69, 9.17) is 0 Å². The molecule has 0 atom stereocenters. The Bertz CT molecular complexity index is 532. The van der Waals surface area contributed by atoms with Gasteiger partial charge in [0.15, 0.2) is 0 Å². The van der Waals surface area contributed by atoms with Crippen molar-refractivity contribution in [2.75, 3.05) is 11.9 Å². The lowest BCUT2D eigenvalue weighted by Crippen LogP contribution is -2.43. The Morgan fingerprint density at radius 2 is 2.06 bits per heavy atom. The average molecular weight is 229 g/mol. The summed E-state index contributed by atoms with van der Waals surface area (Å²) in [5.74, 6) is 0.802. The summed E-state index contributed by atoms with van der Waals surface area (Å²) < 4.78 is 0. The number of aliphatic hydroxyl groups is 1. The Labute approximate surface area is 99.7 Å². The quantitative estimate of drug-likeness (QED) is 0.844. The van der Waals surface area contributed by atoms with Crippen molar-refractivity contribution < 1.29 is 5.11 Å². The van der Waals surface area contributed by atoms with Crippen molar-refractivity contribution in [2.24, 2.45) is 0 Å². The van der Waals surface area contributed by atoms with Crippen LogP contribution in [0.2, 0.25) is 0 Å². The van der Waals surface area contributed by atoms with Gasteiger partial charge in [0.05, 0.1) is 11.1 Å². The zero-order valence-corrected chi connectivity index (χ0v) is 9.56. The molecular formula is C13H15N3O. The molecule has 4 nitrogen and oxygen atoms in total. The van der Waals surface area contributed by atoms with Crippen LogP contribution in [0.1, 0.15) is 19.3 Å². The molecule has 1 aromatic carbocycles. The van der Waals surface area contributed by atoms with Gasteiger partial charge in [-0.25, -0.2) is 9.97 Å². The summed E-state index contributed by atoms with van der Waals surface area (Å²) in [5, 5.41) is 14.3. The van der Waals surface area contributed by atoms with Crippen molar-refractivity contribution in [1.29, 1.82) is 0 Å². The number of aromatic nitrogens is 2. The predicted molar refractivity (Wildman–Crippen MR) is 66.8 cm³/mol. The molecule has 1 saturated carbocycles. The molecule has 0 radical (unpaired) electrons. The van der Waals surface area contributed by atoms with E-state index in [0.717, 1.165) is 36.0 Å². The molecule has 3 rings (SSSR count). The molecule has 0 spiro atoms. The number of nitrogens with one attached hydrogen (secondary N) is 1. The largest absolute Gasteiger partial charge is 0.388 e. The highest BCUT2D eigenvalue weighted by atomic mass is 16.3. The van der Waals surface area contributed by atoms with Crippen LogP contribution in [0.15, 0.2) is 30.6 Å². The molecule has 1 aromatic heterocycles. The van der Waals surface area contributed by atoms with Gasteiger partial charge < -0.3 is 10.4 Å². The van der Waals surface area contributed by atoms with Gasteiger partial charge in [0, 0.05) is 11.9 Å². The van der Waals surface area contributed by atoms with Crippen LogP contribution in [-0.4, -0.2) is 27.2 Å². The average Bonchev–Trinajstić information content (AvgIpc) is 2.34. The second-order valence-electron chi connectivity index (χ2n) is 4.67. The Morgan fingerprint density at radius 1 is 1.24 bits per heavy atom. The predicted octanol–water partition coefficient (Wildman–Crippen LogP) is 1.96. The van der Waals surface area contributed by atoms with Gasteiger partial charge in [0.2, 0.25) is 0 Å². The third kappa shape index (κ3) is 1.96. The zero-order valence-electron chi connectivity index (χ0n) is 9.56. The molecule has 2 N–H and O–H groups in total. The second-order valence-corrected chi connectivity index (χ2v) is 4.67. The van der Waals surface area contributed by atoms with E-state index in [1.165, 1.54) is 0 Å². The van der Waals surface area contributed by atoms with E-state index >= 15 is 0 Å². The van der Waals surface area contributed by atoms with Crippen molar-refractivity contribution in [3.05, 3.63) is 30.6 Å². The molecule has 1 heterocycles. The molecule has 17 heavy (non-hydrogen) atoms. The fraction of sp³-hybridized carbons (Fsp3) is 0.385. The Hall–Kier alpha value is -1.68. The van der Waals surface area contributed by atoms with Crippen molar-refractivity contribution in [2.45, 2.75) is 24.9 Å². The highest BCUT2D eigenvalue weighted by Crippen LogP contribution is 2.32. The molecule has 0 aliphatic heterocycles. The third-order valence-corrected chi connectivity index (χ3v) is 3.41. The van der Waals surface area contributed by atoms with Crippen molar-refractivity contribution in [3.8, 4) is 0 Å². The number of rotatable bonds is 3. The van der Waals surface area contributed by atoms with Gasteiger partial charge in [-0.3, -0.25) is 0 Å². The number of fused-ring (bicyclic) bond motifs is 1. The SMILES string of the molecule is OC1(CNc2ncnc3ccccc23)CCC1. The fourth-order valence-electron chi connectivity index (χ4n) is 2.16. The lowest BCUT2D eigenvalue weighted by molar-refractivity contribution is -0.0202. The maximum absolute atomic E-state index is 10.0. The summed E-state index contributed by atoms with van der Waals surface area (Å²) in [5.41, 5.74) is 0.386. The van der Waals surface area contributed by atoms with Crippen molar-refractivity contribution in [1.82, 2.24) is 9.97 Å². The monoisotopic (exact) mass is 229 g/mol. The summed E-state index contributed by atoms with van der Waals surface area (Å²) in [4.78, 5) is 8.44. The molecule has 0 unspecified atom stereocenters. The van der Waals surface area contributed by atoms with Crippen LogP contribution >= 0.6 is 0 Å². The van der Waals surface area contributed by atoms with E-state index in [-0.39, 0.29) is 0 Å². The summed E-state index contributed by atoms with van der Waals surface area (Å²) in [6.07, 6.45) is 4.42. The van der Waals surface area contributed by atoms with Gasteiger partial charge >= 0.3 is 0 Å². The van der Waals surface area contributed by atoms with Gasteiger partial charge in [-0.05, 0) is 31.4 Å². The van der Waals surface area contributed by atoms with Gasteiger partial charge in [0.1, 0.15) is 12.1 Å². The van der Waals surface area contributed by atoms with E-state index in [1.807, 2.05) is 24.3 Å². The van der Waals surface area contributed by atoms with Gasteiger partial charge in [-0.2, -0.15) is 0 Å². The molecule has 88 valence electrons. The number of nitrogens with zero attached hydrogens (tertiary/aromatic N) is 2. The summed E-state index contributed by atoms with van der Waals surface area (Å²) in [6, 6.07) is 7.87. The van der Waals surface area contributed by atoms with Crippen LogP contribution in [0.3, 0.4) is 0 Å². The van der Waals surface area contributed by atoms with Gasteiger partial charge in [0.25, 0.3) is 0 Å². The Balaban J connectivity index is 1.85. The second kappa shape index (κ2) is 3.96. The minimum atomic E-state index is -0.536. The van der Waals surface area contributed by atoms with Crippen LogP contribution in [-0.2, 0) is 0 Å². The lowest BCUT2D eigenvalue weighted by Gasteiger charge is -2.36. The first-order valence-electron chi connectivity index (χ1n) is 5.93. The van der Waals surface area contributed by atoms with E-state index in [9.17, 15) is 5.11 Å².